The van der Waals surface area contributed by atoms with Crippen LogP contribution in [0.1, 0.15) is 30.0 Å². The highest BCUT2D eigenvalue weighted by Gasteiger charge is 2.39. The first-order valence-electron chi connectivity index (χ1n) is 13.3. The van der Waals surface area contributed by atoms with E-state index < -0.39 is 57.5 Å². The molecule has 0 fully saturated rings. The molecule has 43 heavy (non-hydrogen) atoms. The van der Waals surface area contributed by atoms with Crippen molar-refractivity contribution in [1.82, 2.24) is 24.8 Å². The number of nitrogen functional groups attached to an aromatic ring is 1. The highest BCUT2D eigenvalue weighted by molar-refractivity contribution is 5.96. The fourth-order valence-corrected chi connectivity index (χ4v) is 4.80. The molecule has 1 aromatic carbocycles. The molecule has 1 aliphatic rings. The summed E-state index contributed by atoms with van der Waals surface area (Å²) in [5, 5.41) is 6.23. The summed E-state index contributed by atoms with van der Waals surface area (Å²) < 4.78 is 86.7. The molecule has 5 rings (SSSR count). The predicted octanol–water partition coefficient (Wildman–Crippen LogP) is 4.33. The van der Waals surface area contributed by atoms with Crippen LogP contribution in [0.2, 0.25) is 0 Å². The van der Waals surface area contributed by atoms with Gasteiger partial charge in [-0.25, -0.2) is 13.8 Å². The minimum atomic E-state index is -5.08. The summed E-state index contributed by atoms with van der Waals surface area (Å²) in [6.07, 6.45) is -3.52. The molecule has 1 atom stereocenters. The smallest absolute Gasteiger partial charge is 0.417 e. The second kappa shape index (κ2) is 11.6. The summed E-state index contributed by atoms with van der Waals surface area (Å²) in [6, 6.07) is 3.51. The molecule has 4 aromatic rings. The van der Waals surface area contributed by atoms with Crippen molar-refractivity contribution >= 4 is 22.4 Å². The number of aromatic nitrogens is 4. The van der Waals surface area contributed by atoms with Crippen molar-refractivity contribution < 1.29 is 31.4 Å². The number of alkyl halides is 3. The van der Waals surface area contributed by atoms with Crippen molar-refractivity contribution in [3.63, 3.8) is 0 Å². The Balaban J connectivity index is 1.77. The van der Waals surface area contributed by atoms with E-state index in [1.54, 1.807) is 32.3 Å². The van der Waals surface area contributed by atoms with Crippen LogP contribution in [0.3, 0.4) is 0 Å². The number of nitrogens with one attached hydrogen (secondary N) is 2. The number of nitrogens with two attached hydrogens (primary N) is 1. The molecule has 1 aliphatic heterocycles. The third kappa shape index (κ3) is 5.89. The number of pyridine rings is 2. The van der Waals surface area contributed by atoms with E-state index in [0.29, 0.717) is 32.1 Å². The average Bonchev–Trinajstić information content (AvgIpc) is 2.97. The fraction of sp³-hybridized carbons (Fsp3) is 0.357. The van der Waals surface area contributed by atoms with E-state index in [1.165, 1.54) is 4.57 Å². The van der Waals surface area contributed by atoms with Crippen LogP contribution in [0.15, 0.2) is 29.2 Å². The Morgan fingerprint density at radius 1 is 1.16 bits per heavy atom. The Morgan fingerprint density at radius 2 is 1.93 bits per heavy atom. The summed E-state index contributed by atoms with van der Waals surface area (Å²) in [7, 11) is 1.56. The van der Waals surface area contributed by atoms with Gasteiger partial charge in [0.05, 0.1) is 22.9 Å². The maximum Gasteiger partial charge on any atom is 0.417 e. The Morgan fingerprint density at radius 3 is 2.67 bits per heavy atom. The molecule has 0 bridgehead atoms. The van der Waals surface area contributed by atoms with Crippen molar-refractivity contribution in [1.29, 1.82) is 0 Å². The van der Waals surface area contributed by atoms with Crippen LogP contribution in [0.5, 0.6) is 11.9 Å². The van der Waals surface area contributed by atoms with Gasteiger partial charge >= 0.3 is 12.2 Å². The zero-order valence-electron chi connectivity index (χ0n) is 23.4. The van der Waals surface area contributed by atoms with Crippen LogP contribution in [0.25, 0.3) is 22.2 Å². The van der Waals surface area contributed by atoms with E-state index in [9.17, 15) is 22.4 Å². The van der Waals surface area contributed by atoms with Crippen LogP contribution >= 0.6 is 0 Å². The van der Waals surface area contributed by atoms with Crippen molar-refractivity contribution in [2.24, 2.45) is 7.05 Å². The molecule has 3 aromatic heterocycles. The second-order valence-electron chi connectivity index (χ2n) is 10.1. The summed E-state index contributed by atoms with van der Waals surface area (Å²) in [5.41, 5.74) is 0.722. The molecule has 228 valence electrons. The number of halogens is 5. The number of hydrogen-bond acceptors (Lipinski definition) is 9. The number of ether oxygens (including phenoxy) is 2. The van der Waals surface area contributed by atoms with Crippen LogP contribution in [0.4, 0.5) is 33.5 Å². The molecule has 0 aliphatic carbocycles. The molecular formula is C28H28F5N7O3. The van der Waals surface area contributed by atoms with Crippen molar-refractivity contribution in [2.75, 3.05) is 30.7 Å². The molecule has 10 nitrogen and oxygen atoms in total. The Hall–Kier alpha value is -4.53. The average molecular weight is 606 g/mol. The van der Waals surface area contributed by atoms with E-state index in [-0.39, 0.29) is 40.8 Å². The van der Waals surface area contributed by atoms with Crippen LogP contribution in [0, 0.1) is 18.6 Å². The highest BCUT2D eigenvalue weighted by Crippen LogP contribution is 2.44. The first kappa shape index (κ1) is 29.9. The maximum atomic E-state index is 16.4. The molecule has 1 unspecified atom stereocenters. The standard InChI is InChI=1S/C28H28F5N7O3/c1-13-6-7-35-8-9-36-24-18-23(38-27(39-24)42-12-15-5-4-10-40(3)26(15)41)21(30)22(37-25(18)43-13)16-11-17(34)20(29)14(2)19(16)28(31,32)33/h4-5,10-11,13,35H,6-9,12,34H2,1-3H3,(H,36,38,39). The van der Waals surface area contributed by atoms with E-state index in [0.717, 1.165) is 6.92 Å². The van der Waals surface area contributed by atoms with E-state index in [4.69, 9.17) is 15.2 Å². The lowest BCUT2D eigenvalue weighted by Gasteiger charge is -2.21. The predicted molar refractivity (Wildman–Crippen MR) is 149 cm³/mol. The maximum absolute atomic E-state index is 16.4. The molecule has 0 saturated heterocycles. The highest BCUT2D eigenvalue weighted by atomic mass is 19.4. The van der Waals surface area contributed by atoms with Gasteiger partial charge < -0.3 is 30.4 Å². The lowest BCUT2D eigenvalue weighted by molar-refractivity contribution is -0.137. The quantitative estimate of drug-likeness (QED) is 0.230. The van der Waals surface area contributed by atoms with E-state index in [1.807, 2.05) is 0 Å². The number of aryl methyl sites for hydroxylation is 1. The topological polar surface area (TPSA) is 129 Å². The van der Waals surface area contributed by atoms with Crippen molar-refractivity contribution in [3.05, 3.63) is 63.1 Å². The molecule has 0 radical (unpaired) electrons. The molecule has 4 heterocycles. The van der Waals surface area contributed by atoms with Gasteiger partial charge in [0.15, 0.2) is 5.82 Å². The zero-order chi connectivity index (χ0) is 31.1. The lowest BCUT2D eigenvalue weighted by atomic mass is 9.96. The van der Waals surface area contributed by atoms with Crippen molar-refractivity contribution in [3.8, 4) is 23.1 Å². The minimum Gasteiger partial charge on any atom is -0.474 e. The summed E-state index contributed by atoms with van der Waals surface area (Å²) in [5.74, 6) is -2.72. The van der Waals surface area contributed by atoms with Crippen LogP contribution < -0.4 is 31.4 Å². The number of anilines is 2. The van der Waals surface area contributed by atoms with Gasteiger partial charge in [-0.15, -0.1) is 0 Å². The second-order valence-corrected chi connectivity index (χ2v) is 10.1. The lowest BCUT2D eigenvalue weighted by Crippen LogP contribution is -2.26. The van der Waals surface area contributed by atoms with Gasteiger partial charge in [-0.3, -0.25) is 4.79 Å². The van der Waals surface area contributed by atoms with Gasteiger partial charge in [0, 0.05) is 31.9 Å². The first-order valence-corrected chi connectivity index (χ1v) is 13.3. The summed E-state index contributed by atoms with van der Waals surface area (Å²) in [4.78, 5) is 25.2. The number of benzene rings is 1. The monoisotopic (exact) mass is 605 g/mol. The summed E-state index contributed by atoms with van der Waals surface area (Å²) >= 11 is 0. The zero-order valence-corrected chi connectivity index (χ0v) is 23.4. The minimum absolute atomic E-state index is 0.0293. The number of hydrogen-bond donors (Lipinski definition) is 3. The van der Waals surface area contributed by atoms with Gasteiger partial charge in [0.25, 0.3) is 5.56 Å². The van der Waals surface area contributed by atoms with Crippen molar-refractivity contribution in [2.45, 2.75) is 39.2 Å². The molecule has 15 heteroatoms. The molecule has 0 spiro atoms. The van der Waals surface area contributed by atoms with Crippen LogP contribution in [-0.4, -0.2) is 45.3 Å². The number of rotatable bonds is 4. The summed E-state index contributed by atoms with van der Waals surface area (Å²) in [6.45, 7) is 3.74. The largest absolute Gasteiger partial charge is 0.474 e. The van der Waals surface area contributed by atoms with Gasteiger partial charge in [-0.2, -0.15) is 23.1 Å². The fourth-order valence-electron chi connectivity index (χ4n) is 4.80. The first-order chi connectivity index (χ1) is 20.4. The third-order valence-electron chi connectivity index (χ3n) is 6.99. The van der Waals surface area contributed by atoms with Crippen LogP contribution in [-0.2, 0) is 19.8 Å². The van der Waals surface area contributed by atoms with Gasteiger partial charge in [-0.05, 0) is 50.6 Å². The molecule has 0 saturated carbocycles. The molecular weight excluding hydrogens is 577 g/mol. The van der Waals surface area contributed by atoms with Gasteiger partial charge in [0.2, 0.25) is 5.88 Å². The third-order valence-corrected chi connectivity index (χ3v) is 6.99. The SMILES string of the molecule is Cc1c(F)c(N)cc(-c2nc3c4c(nc(OCc5cccn(C)c5=O)nc4c2F)NCCNCCC(C)O3)c1C(F)(F)F. The van der Waals surface area contributed by atoms with E-state index in [2.05, 4.69) is 25.6 Å². The normalized spacial score (nSPS) is 15.9. The number of nitrogens with zero attached hydrogens (tertiary/aromatic N) is 4. The Bertz CT molecular complexity index is 1760. The van der Waals surface area contributed by atoms with Gasteiger partial charge in [0.1, 0.15) is 34.8 Å². The Kier molecular flexibility index (Phi) is 8.10. The Labute approximate surface area is 242 Å². The molecule has 0 amide bonds. The molecule has 4 N–H and O–H groups in total. The van der Waals surface area contributed by atoms with Gasteiger partial charge in [-0.1, -0.05) is 0 Å². The van der Waals surface area contributed by atoms with E-state index >= 15 is 4.39 Å².